The van der Waals surface area contributed by atoms with Crippen LogP contribution in [0.1, 0.15) is 44.1 Å². The van der Waals surface area contributed by atoms with Gasteiger partial charge in [-0.15, -0.1) is 0 Å². The quantitative estimate of drug-likeness (QED) is 0.450. The third kappa shape index (κ3) is 6.16. The molecule has 2 N–H and O–H groups in total. The van der Waals surface area contributed by atoms with Crippen LogP contribution in [0.25, 0.3) is 5.57 Å². The number of hydrogen-bond acceptors (Lipinski definition) is 6. The molecule has 0 atom stereocenters. The number of halogens is 3. The summed E-state index contributed by atoms with van der Waals surface area (Å²) in [6, 6.07) is 5.98. The molecule has 1 fully saturated rings. The van der Waals surface area contributed by atoms with Crippen LogP contribution in [-0.4, -0.2) is 42.2 Å². The second kappa shape index (κ2) is 10.9. The van der Waals surface area contributed by atoms with Gasteiger partial charge in [0.2, 0.25) is 5.78 Å². The monoisotopic (exact) mass is 531 g/mol. The molecule has 2 aromatic rings. The maximum Gasteiger partial charge on any atom is 0.420 e. The number of hydrogen-bond donors (Lipinski definition) is 2. The van der Waals surface area contributed by atoms with Crippen molar-refractivity contribution in [3.8, 4) is 5.75 Å². The highest BCUT2D eigenvalue weighted by atomic mass is 19.4. The average Bonchev–Trinajstić information content (AvgIpc) is 2.85. The van der Waals surface area contributed by atoms with Crippen molar-refractivity contribution in [3.05, 3.63) is 65.2 Å². The number of amides is 2. The van der Waals surface area contributed by atoms with Crippen molar-refractivity contribution < 1.29 is 37.0 Å². The van der Waals surface area contributed by atoms with Gasteiger partial charge in [0.1, 0.15) is 5.75 Å². The Morgan fingerprint density at radius 2 is 1.92 bits per heavy atom. The summed E-state index contributed by atoms with van der Waals surface area (Å²) in [5, 5.41) is 5.09. The number of ketones is 1. The first-order valence-electron chi connectivity index (χ1n) is 12.2. The van der Waals surface area contributed by atoms with Crippen molar-refractivity contribution >= 4 is 28.8 Å². The normalized spacial score (nSPS) is 16.6. The maximum atomic E-state index is 13.7. The Labute approximate surface area is 217 Å². The molecule has 0 unspecified atom stereocenters. The van der Waals surface area contributed by atoms with Gasteiger partial charge in [0.25, 0.3) is 0 Å². The minimum atomic E-state index is -4.69. The van der Waals surface area contributed by atoms with Crippen molar-refractivity contribution in [2.75, 3.05) is 30.5 Å². The molecular weight excluding hydrogens is 503 g/mol. The van der Waals surface area contributed by atoms with Crippen molar-refractivity contribution in [1.29, 1.82) is 0 Å². The standard InChI is InChI=1S/C27H28F3N3O5/c1-4-19-21(9-8-20(32-19)16-6-10-22(34)24(12-16)37-5-2)33-25(35)31-17-7-11-23(18(13-17)27(28,29)30)38-26(3)14-36-15-26/h6-9,11-13H,4-5,10,14-15H2,1-3H3,(H2,31,33,35). The maximum absolute atomic E-state index is 13.7. The lowest BCUT2D eigenvalue weighted by atomic mass is 10.0. The van der Waals surface area contributed by atoms with Crippen LogP contribution in [0.3, 0.4) is 0 Å². The molecule has 0 radical (unpaired) electrons. The Balaban J connectivity index is 1.49. The molecule has 0 saturated carbocycles. The Bertz CT molecular complexity index is 1300. The van der Waals surface area contributed by atoms with Crippen LogP contribution in [-0.2, 0) is 26.9 Å². The third-order valence-electron chi connectivity index (χ3n) is 5.94. The first kappa shape index (κ1) is 27.2. The van der Waals surface area contributed by atoms with Gasteiger partial charge in [0.05, 0.1) is 42.5 Å². The van der Waals surface area contributed by atoms with Crippen LogP contribution in [0.4, 0.5) is 29.3 Å². The topological polar surface area (TPSA) is 98.8 Å². The number of nitrogens with zero attached hydrogens (tertiary/aromatic N) is 1. The molecule has 1 aromatic heterocycles. The van der Waals surface area contributed by atoms with Crippen LogP contribution in [0.5, 0.6) is 5.75 Å². The van der Waals surface area contributed by atoms with Crippen LogP contribution in [0.15, 0.2) is 48.2 Å². The van der Waals surface area contributed by atoms with E-state index in [-0.39, 0.29) is 42.6 Å². The molecule has 38 heavy (non-hydrogen) atoms. The Hall–Kier alpha value is -3.86. The molecule has 1 aliphatic carbocycles. The van der Waals surface area contributed by atoms with Crippen LogP contribution >= 0.6 is 0 Å². The van der Waals surface area contributed by atoms with E-state index >= 15 is 0 Å². The second-order valence-electron chi connectivity index (χ2n) is 9.11. The van der Waals surface area contributed by atoms with E-state index in [0.717, 1.165) is 11.6 Å². The largest absolute Gasteiger partial charge is 0.490 e. The number of aromatic nitrogens is 1. The fourth-order valence-electron chi connectivity index (χ4n) is 4.00. The number of benzene rings is 1. The Morgan fingerprint density at radius 1 is 1.16 bits per heavy atom. The molecule has 0 bridgehead atoms. The summed E-state index contributed by atoms with van der Waals surface area (Å²) in [5.41, 5.74) is 0.428. The van der Waals surface area contributed by atoms with Gasteiger partial charge in [-0.1, -0.05) is 13.0 Å². The number of Topliss-reactive ketones (excluding diaryl/α,β-unsaturated/α-hetero) is 1. The number of anilines is 2. The summed E-state index contributed by atoms with van der Waals surface area (Å²) >= 11 is 0. The number of alkyl halides is 3. The minimum Gasteiger partial charge on any atom is -0.490 e. The van der Waals surface area contributed by atoms with Crippen molar-refractivity contribution in [2.24, 2.45) is 0 Å². The molecule has 2 aliphatic rings. The lowest BCUT2D eigenvalue weighted by Gasteiger charge is -2.38. The molecule has 0 spiro atoms. The van der Waals surface area contributed by atoms with Gasteiger partial charge < -0.3 is 24.8 Å². The summed E-state index contributed by atoms with van der Waals surface area (Å²) in [6.07, 6.45) is -0.611. The molecular formula is C27H28F3N3O5. The van der Waals surface area contributed by atoms with Crippen molar-refractivity contribution in [3.63, 3.8) is 0 Å². The highest BCUT2D eigenvalue weighted by molar-refractivity contribution is 6.01. The first-order chi connectivity index (χ1) is 18.0. The number of carbonyl (C=O) groups excluding carboxylic acids is 2. The van der Waals surface area contributed by atoms with Crippen molar-refractivity contribution in [1.82, 2.24) is 4.98 Å². The summed E-state index contributed by atoms with van der Waals surface area (Å²) in [5.74, 6) is -0.167. The van der Waals surface area contributed by atoms with Gasteiger partial charge >= 0.3 is 12.2 Å². The van der Waals surface area contributed by atoms with E-state index in [4.69, 9.17) is 14.2 Å². The molecule has 1 aromatic carbocycles. The van der Waals surface area contributed by atoms with Crippen LogP contribution in [0, 0.1) is 0 Å². The highest BCUT2D eigenvalue weighted by Crippen LogP contribution is 2.40. The number of urea groups is 1. The SMILES string of the molecule is CCOC1=CC(c2ccc(NC(=O)Nc3ccc(OC4(C)COC4)c(C(F)(F)F)c3)c(CC)n2)=CCC1=O. The van der Waals surface area contributed by atoms with E-state index in [0.29, 0.717) is 30.1 Å². The van der Waals surface area contributed by atoms with Gasteiger partial charge in [0, 0.05) is 17.7 Å². The molecule has 4 rings (SSSR count). The lowest BCUT2D eigenvalue weighted by Crippen LogP contribution is -2.51. The number of allylic oxidation sites excluding steroid dienone is 4. The van der Waals surface area contributed by atoms with Crippen LogP contribution < -0.4 is 15.4 Å². The highest BCUT2D eigenvalue weighted by Gasteiger charge is 2.40. The van der Waals surface area contributed by atoms with E-state index in [9.17, 15) is 22.8 Å². The number of ether oxygens (including phenoxy) is 3. The fraction of sp³-hybridized carbons (Fsp3) is 0.370. The number of aryl methyl sites for hydroxylation is 1. The molecule has 2 heterocycles. The third-order valence-corrected chi connectivity index (χ3v) is 5.94. The van der Waals surface area contributed by atoms with E-state index in [1.807, 2.05) is 6.92 Å². The van der Waals surface area contributed by atoms with E-state index in [1.165, 1.54) is 12.1 Å². The molecule has 11 heteroatoms. The number of nitrogens with one attached hydrogen (secondary N) is 2. The summed E-state index contributed by atoms with van der Waals surface area (Å²) in [6.45, 7) is 6.07. The molecule has 1 saturated heterocycles. The second-order valence-corrected chi connectivity index (χ2v) is 9.11. The molecule has 202 valence electrons. The van der Waals surface area contributed by atoms with Gasteiger partial charge in [-0.25, -0.2) is 4.79 Å². The predicted octanol–water partition coefficient (Wildman–Crippen LogP) is 5.75. The lowest BCUT2D eigenvalue weighted by molar-refractivity contribution is -0.160. The molecule has 2 amide bonds. The fourth-order valence-corrected chi connectivity index (χ4v) is 4.00. The molecule has 1 aliphatic heterocycles. The smallest absolute Gasteiger partial charge is 0.420 e. The first-order valence-corrected chi connectivity index (χ1v) is 12.2. The number of pyridine rings is 1. The summed E-state index contributed by atoms with van der Waals surface area (Å²) in [4.78, 5) is 29.3. The Kier molecular flexibility index (Phi) is 7.77. The summed E-state index contributed by atoms with van der Waals surface area (Å²) < 4.78 is 57.1. The zero-order valence-electron chi connectivity index (χ0n) is 21.2. The van der Waals surface area contributed by atoms with E-state index in [2.05, 4.69) is 15.6 Å². The zero-order chi connectivity index (χ0) is 27.5. The van der Waals surface area contributed by atoms with E-state index < -0.39 is 23.4 Å². The molecule has 8 nitrogen and oxygen atoms in total. The van der Waals surface area contributed by atoms with Gasteiger partial charge in [-0.2, -0.15) is 13.2 Å². The number of rotatable bonds is 8. The minimum absolute atomic E-state index is 0.0505. The van der Waals surface area contributed by atoms with Crippen LogP contribution in [0.2, 0.25) is 0 Å². The van der Waals surface area contributed by atoms with Gasteiger partial charge in [-0.3, -0.25) is 9.78 Å². The van der Waals surface area contributed by atoms with Gasteiger partial charge in [-0.05, 0) is 56.7 Å². The van der Waals surface area contributed by atoms with Gasteiger partial charge in [0.15, 0.2) is 11.4 Å². The van der Waals surface area contributed by atoms with E-state index in [1.54, 1.807) is 38.1 Å². The average molecular weight is 532 g/mol. The van der Waals surface area contributed by atoms with Crippen molar-refractivity contribution in [2.45, 2.75) is 45.4 Å². The predicted molar refractivity (Wildman–Crippen MR) is 135 cm³/mol. The zero-order valence-corrected chi connectivity index (χ0v) is 21.2. The number of carbonyl (C=O) groups is 2. The summed E-state index contributed by atoms with van der Waals surface area (Å²) in [7, 11) is 0. The Morgan fingerprint density at radius 3 is 2.55 bits per heavy atom.